The number of carboxylic acid groups (broad SMARTS) is 1. The van der Waals surface area contributed by atoms with Gasteiger partial charge in [0.1, 0.15) is 0 Å². The number of likely N-dealkylation sites (tertiary alicyclic amines) is 1. The third-order valence-electron chi connectivity index (χ3n) is 7.91. The van der Waals surface area contributed by atoms with Crippen LogP contribution in [-0.4, -0.2) is 72.9 Å². The lowest BCUT2D eigenvalue weighted by Gasteiger charge is -2.33. The Morgan fingerprint density at radius 3 is 2.44 bits per heavy atom. The number of hydrogen-bond acceptors (Lipinski definition) is 5. The predicted molar refractivity (Wildman–Crippen MR) is 157 cm³/mol. The molecule has 6 heteroatoms. The van der Waals surface area contributed by atoms with Crippen LogP contribution in [0.5, 0.6) is 0 Å². The second-order valence-corrected chi connectivity index (χ2v) is 11.2. The van der Waals surface area contributed by atoms with Gasteiger partial charge in [0.25, 0.3) is 0 Å². The molecule has 1 aliphatic carbocycles. The monoisotopic (exact) mass is 534 g/mol. The standard InChI is InChI=1S/C33H46N2O4/c1-34(2)24-28-12-7-8-13-29(28)27-17-15-26(16-18-27)25-39-31-20-19-30(35-21-9-3-4-10-22-35)33(31)38-23-11-5-6-14-32(36)37/h5,7-8,11-13,15-18,30-31,33H,3-4,6,9-10,14,19-25H2,1-2H3,(H,36,37)/t30-,31+,33+/m0/s1. The van der Waals surface area contributed by atoms with Crippen molar-refractivity contribution in [1.29, 1.82) is 0 Å². The van der Waals surface area contributed by atoms with Crippen LogP contribution >= 0.6 is 0 Å². The highest BCUT2D eigenvalue weighted by molar-refractivity contribution is 5.67. The topological polar surface area (TPSA) is 62.2 Å². The molecule has 1 heterocycles. The number of rotatable bonds is 13. The van der Waals surface area contributed by atoms with Gasteiger partial charge < -0.3 is 19.5 Å². The average molecular weight is 535 g/mol. The van der Waals surface area contributed by atoms with Crippen LogP contribution < -0.4 is 0 Å². The van der Waals surface area contributed by atoms with Crippen molar-refractivity contribution in [3.05, 3.63) is 71.8 Å². The molecule has 2 aromatic carbocycles. The predicted octanol–water partition coefficient (Wildman–Crippen LogP) is 6.15. The Balaban J connectivity index is 1.37. The van der Waals surface area contributed by atoms with E-state index in [9.17, 15) is 4.79 Å². The largest absolute Gasteiger partial charge is 0.481 e. The van der Waals surface area contributed by atoms with Crippen molar-refractivity contribution in [2.75, 3.05) is 33.8 Å². The van der Waals surface area contributed by atoms with Gasteiger partial charge in [-0.1, -0.05) is 73.5 Å². The summed E-state index contributed by atoms with van der Waals surface area (Å²) in [6, 6.07) is 17.8. The number of ether oxygens (including phenoxy) is 2. The van der Waals surface area contributed by atoms with Gasteiger partial charge in [0.05, 0.1) is 25.4 Å². The van der Waals surface area contributed by atoms with Crippen LogP contribution in [0.3, 0.4) is 0 Å². The molecule has 39 heavy (non-hydrogen) atoms. The molecule has 2 aromatic rings. The highest BCUT2D eigenvalue weighted by atomic mass is 16.5. The molecule has 2 fully saturated rings. The molecule has 3 atom stereocenters. The first kappa shape index (κ1) is 29.5. The van der Waals surface area contributed by atoms with E-state index in [1.165, 1.54) is 47.9 Å². The minimum Gasteiger partial charge on any atom is -0.481 e. The van der Waals surface area contributed by atoms with Crippen LogP contribution in [0.25, 0.3) is 11.1 Å². The van der Waals surface area contributed by atoms with Gasteiger partial charge in [-0.3, -0.25) is 9.69 Å². The Bertz CT molecular complexity index is 1040. The molecule has 0 amide bonds. The molecule has 0 spiro atoms. The number of carbonyl (C=O) groups is 1. The van der Waals surface area contributed by atoms with E-state index in [0.29, 0.717) is 25.7 Å². The lowest BCUT2D eigenvalue weighted by atomic mass is 9.98. The number of allylic oxidation sites excluding steroid dienone is 1. The Morgan fingerprint density at radius 2 is 1.72 bits per heavy atom. The maximum Gasteiger partial charge on any atom is 0.303 e. The summed E-state index contributed by atoms with van der Waals surface area (Å²) in [6.45, 7) is 4.27. The molecule has 0 unspecified atom stereocenters. The molecule has 1 N–H and O–H groups in total. The molecule has 1 saturated heterocycles. The number of carboxylic acids is 1. The van der Waals surface area contributed by atoms with E-state index in [-0.39, 0.29) is 18.6 Å². The second-order valence-electron chi connectivity index (χ2n) is 11.2. The third-order valence-corrected chi connectivity index (χ3v) is 7.91. The van der Waals surface area contributed by atoms with E-state index in [0.717, 1.165) is 32.5 Å². The molecule has 1 aliphatic heterocycles. The molecular formula is C33H46N2O4. The lowest BCUT2D eigenvalue weighted by Crippen LogP contribution is -2.45. The summed E-state index contributed by atoms with van der Waals surface area (Å²) < 4.78 is 13.0. The van der Waals surface area contributed by atoms with Gasteiger partial charge in [-0.25, -0.2) is 0 Å². The summed E-state index contributed by atoms with van der Waals surface area (Å²) in [7, 11) is 4.20. The molecule has 0 aromatic heterocycles. The van der Waals surface area contributed by atoms with Crippen LogP contribution in [0.15, 0.2) is 60.7 Å². The zero-order chi connectivity index (χ0) is 27.5. The minimum atomic E-state index is -0.767. The molecule has 6 nitrogen and oxygen atoms in total. The Labute approximate surface area is 234 Å². The summed E-state index contributed by atoms with van der Waals surface area (Å²) in [5, 5.41) is 8.86. The first-order valence-corrected chi connectivity index (χ1v) is 14.7. The Hall–Kier alpha value is -2.51. The molecule has 0 bridgehead atoms. The van der Waals surface area contributed by atoms with Gasteiger partial charge in [0.2, 0.25) is 0 Å². The van der Waals surface area contributed by atoms with Gasteiger partial charge in [0.15, 0.2) is 0 Å². The van der Waals surface area contributed by atoms with Crippen LogP contribution in [-0.2, 0) is 27.4 Å². The fourth-order valence-corrected chi connectivity index (χ4v) is 5.95. The van der Waals surface area contributed by atoms with Gasteiger partial charge >= 0.3 is 5.97 Å². The van der Waals surface area contributed by atoms with Crippen molar-refractivity contribution in [3.63, 3.8) is 0 Å². The summed E-state index contributed by atoms with van der Waals surface area (Å²) in [6.07, 6.45) is 11.9. The summed E-state index contributed by atoms with van der Waals surface area (Å²) in [5.74, 6) is -0.767. The van der Waals surface area contributed by atoms with E-state index >= 15 is 0 Å². The molecule has 0 radical (unpaired) electrons. The summed E-state index contributed by atoms with van der Waals surface area (Å²) in [5.41, 5.74) is 5.01. The van der Waals surface area contributed by atoms with Crippen LogP contribution in [0.1, 0.15) is 62.5 Å². The fraction of sp³-hybridized carbons (Fsp3) is 0.545. The van der Waals surface area contributed by atoms with E-state index < -0.39 is 5.97 Å². The van der Waals surface area contributed by atoms with Gasteiger partial charge in [-0.15, -0.1) is 0 Å². The molecule has 4 rings (SSSR count). The highest BCUT2D eigenvalue weighted by Crippen LogP contribution is 2.32. The van der Waals surface area contributed by atoms with Crippen LogP contribution in [0.2, 0.25) is 0 Å². The van der Waals surface area contributed by atoms with E-state index in [4.69, 9.17) is 14.6 Å². The molecule has 212 valence electrons. The van der Waals surface area contributed by atoms with Crippen molar-refractivity contribution < 1.29 is 19.4 Å². The normalized spacial score (nSPS) is 22.5. The van der Waals surface area contributed by atoms with Gasteiger partial charge in [-0.05, 0) is 81.5 Å². The third kappa shape index (κ3) is 9.00. The van der Waals surface area contributed by atoms with E-state index in [1.54, 1.807) is 0 Å². The van der Waals surface area contributed by atoms with Gasteiger partial charge in [0, 0.05) is 19.0 Å². The van der Waals surface area contributed by atoms with Crippen LogP contribution in [0.4, 0.5) is 0 Å². The van der Waals surface area contributed by atoms with Gasteiger partial charge in [-0.2, -0.15) is 0 Å². The Morgan fingerprint density at radius 1 is 0.974 bits per heavy atom. The van der Waals surface area contributed by atoms with Crippen molar-refractivity contribution in [2.45, 2.75) is 82.8 Å². The minimum absolute atomic E-state index is 0.0319. The summed E-state index contributed by atoms with van der Waals surface area (Å²) >= 11 is 0. The number of hydrogen-bond donors (Lipinski definition) is 1. The van der Waals surface area contributed by atoms with E-state index in [1.807, 2.05) is 12.2 Å². The smallest absolute Gasteiger partial charge is 0.303 e. The van der Waals surface area contributed by atoms with Crippen molar-refractivity contribution in [1.82, 2.24) is 9.80 Å². The zero-order valence-corrected chi connectivity index (χ0v) is 23.8. The number of nitrogens with zero attached hydrogens (tertiary/aromatic N) is 2. The van der Waals surface area contributed by atoms with Crippen molar-refractivity contribution in [3.8, 4) is 11.1 Å². The molecule has 2 aliphatic rings. The van der Waals surface area contributed by atoms with Crippen LogP contribution in [0, 0.1) is 0 Å². The molecular weight excluding hydrogens is 488 g/mol. The lowest BCUT2D eigenvalue weighted by molar-refractivity contribution is -0.136. The zero-order valence-electron chi connectivity index (χ0n) is 23.8. The number of benzene rings is 2. The quantitative estimate of drug-likeness (QED) is 0.311. The second kappa shape index (κ2) is 15.3. The molecule has 1 saturated carbocycles. The first-order chi connectivity index (χ1) is 19.0. The summed E-state index contributed by atoms with van der Waals surface area (Å²) in [4.78, 5) is 15.6. The van der Waals surface area contributed by atoms with Crippen molar-refractivity contribution in [2.24, 2.45) is 0 Å². The Kier molecular flexibility index (Phi) is 11.6. The SMILES string of the molecule is CN(C)Cc1ccccc1-c1ccc(CO[C@@H]2CC[C@H](N3CCCCCC3)[C@H]2OCC=CCCC(=O)O)cc1. The average Bonchev–Trinajstić information content (AvgIpc) is 3.12. The van der Waals surface area contributed by atoms with Crippen molar-refractivity contribution >= 4 is 5.97 Å². The fourth-order valence-electron chi connectivity index (χ4n) is 5.95. The number of aliphatic carboxylic acids is 1. The van der Waals surface area contributed by atoms with E-state index in [2.05, 4.69) is 72.4 Å². The maximum absolute atomic E-state index is 10.8. The highest BCUT2D eigenvalue weighted by Gasteiger charge is 2.40. The first-order valence-electron chi connectivity index (χ1n) is 14.7. The maximum atomic E-state index is 10.8.